The van der Waals surface area contributed by atoms with E-state index in [0.717, 1.165) is 0 Å². The van der Waals surface area contributed by atoms with E-state index in [0.29, 0.717) is 0 Å². The highest BCUT2D eigenvalue weighted by atomic mass is 35.5. The summed E-state index contributed by atoms with van der Waals surface area (Å²) >= 11 is 4.55. The van der Waals surface area contributed by atoms with Crippen molar-refractivity contribution in [1.82, 2.24) is 5.73 Å². The Labute approximate surface area is 44.9 Å². The maximum atomic E-state index is 7.33. The lowest BCUT2D eigenvalue weighted by Gasteiger charge is -1.42. The van der Waals surface area contributed by atoms with Gasteiger partial charge in [0.2, 0.25) is 0 Å². The van der Waals surface area contributed by atoms with E-state index in [4.69, 9.17) is 5.73 Å². The number of alkyl halides is 1. The molecule has 0 spiro atoms. The molecule has 5 heavy (non-hydrogen) atoms. The minimum atomic E-state index is -0.278. The Hall–Kier alpha value is 0.897. The average Bonchev–Trinajstić information content (AvgIpc) is 0.918. The minimum absolute atomic E-state index is 0. The van der Waals surface area contributed by atoms with Crippen LogP contribution in [-0.2, 0) is 0 Å². The minimum Gasteiger partial charge on any atom is -0.127 e. The van der Waals surface area contributed by atoms with Crippen molar-refractivity contribution in [1.29, 1.82) is 0 Å². The molecule has 0 fully saturated rings. The molecule has 0 aromatic carbocycles. The normalized spacial score (nSPS) is 3.60. The predicted molar refractivity (Wildman–Crippen MR) is 25.5 cm³/mol. The molecule has 27 valence electrons. The van der Waals surface area contributed by atoms with Gasteiger partial charge in [0.05, 0.1) is 0 Å². The van der Waals surface area contributed by atoms with Gasteiger partial charge in [0.1, 0.15) is 6.00 Å². The Morgan fingerprint density at radius 2 is 1.60 bits per heavy atom. The summed E-state index contributed by atoms with van der Waals surface area (Å²) in [6.45, 7) is 0. The van der Waals surface area contributed by atoms with Crippen molar-refractivity contribution >= 4 is 32.5 Å². The highest BCUT2D eigenvalue weighted by Gasteiger charge is 1.41. The van der Waals surface area contributed by atoms with Crippen molar-refractivity contribution < 1.29 is 0 Å². The lowest BCUT2D eigenvalue weighted by atomic mass is 11.6. The third-order valence-corrected chi connectivity index (χ3v) is 0. The van der Waals surface area contributed by atoms with Crippen LogP contribution < -0.4 is 5.73 Å². The van der Waals surface area contributed by atoms with E-state index in [1.54, 1.807) is 0 Å². The first-order chi connectivity index (χ1) is 1.41. The molecular formula is CH2ClNPSi. The molecule has 0 saturated carbocycles. The summed E-state index contributed by atoms with van der Waals surface area (Å²) in [4.78, 5) is 0. The largest absolute Gasteiger partial charge is 0.127 e. The van der Waals surface area contributed by atoms with E-state index < -0.39 is 0 Å². The summed E-state index contributed by atoms with van der Waals surface area (Å²) in [6, 6.07) is -0.278. The zero-order valence-corrected chi connectivity index (χ0v) is 5.13. The van der Waals surface area contributed by atoms with Gasteiger partial charge in [-0.3, -0.25) is 0 Å². The standard InChI is InChI=1S/CH2ClN.P.Si/c2-1-3;;/h1H2;;. The van der Waals surface area contributed by atoms with Gasteiger partial charge < -0.3 is 0 Å². The quantitative estimate of drug-likeness (QED) is 0.196. The molecule has 0 aromatic rings. The zero-order chi connectivity index (χ0) is 2.71. The number of rotatable bonds is 0. The molecule has 0 unspecified atom stereocenters. The molecule has 1 nitrogen and oxygen atoms in total. The van der Waals surface area contributed by atoms with Crippen LogP contribution in [0.3, 0.4) is 0 Å². The van der Waals surface area contributed by atoms with Crippen LogP contribution in [0, 0.1) is 0 Å². The van der Waals surface area contributed by atoms with Crippen LogP contribution in [0.25, 0.3) is 0 Å². The fourth-order valence-electron chi connectivity index (χ4n) is 0. The van der Waals surface area contributed by atoms with Crippen LogP contribution >= 0.6 is 21.5 Å². The van der Waals surface area contributed by atoms with Crippen molar-refractivity contribution in [3.8, 4) is 0 Å². The van der Waals surface area contributed by atoms with Crippen LogP contribution in [0.15, 0.2) is 0 Å². The molecule has 0 aliphatic rings. The second kappa shape index (κ2) is 20.7. The van der Waals surface area contributed by atoms with E-state index in [-0.39, 0.29) is 26.9 Å². The number of halogens is 1. The molecule has 0 aliphatic heterocycles. The van der Waals surface area contributed by atoms with Crippen molar-refractivity contribution in [2.75, 3.05) is 6.00 Å². The molecule has 0 aromatic heterocycles. The fraction of sp³-hybridized carbons (Fsp3) is 1.00. The van der Waals surface area contributed by atoms with Gasteiger partial charge in [-0.15, -0.1) is 17.3 Å². The Morgan fingerprint density at radius 1 is 1.60 bits per heavy atom. The summed E-state index contributed by atoms with van der Waals surface area (Å²) in [5, 5.41) is 0. The Bertz CT molecular complexity index is 11.6. The van der Waals surface area contributed by atoms with Crippen molar-refractivity contribution in [3.63, 3.8) is 0 Å². The Kier molecular flexibility index (Phi) is 69.6. The summed E-state index contributed by atoms with van der Waals surface area (Å²) in [5.41, 5.74) is 7.33. The van der Waals surface area contributed by atoms with Crippen molar-refractivity contribution in [2.45, 2.75) is 0 Å². The second-order valence-electron chi connectivity index (χ2n) is 0.120. The van der Waals surface area contributed by atoms with E-state index in [9.17, 15) is 0 Å². The average molecular weight is 123 g/mol. The number of nitrogens with zero attached hydrogens (tertiary/aromatic N) is 1. The van der Waals surface area contributed by atoms with Crippen LogP contribution in [-0.4, -0.2) is 17.0 Å². The third kappa shape index (κ3) is 51.1. The molecule has 0 amide bonds. The van der Waals surface area contributed by atoms with Gasteiger partial charge in [0.25, 0.3) is 0 Å². The van der Waals surface area contributed by atoms with Crippen LogP contribution in [0.1, 0.15) is 0 Å². The van der Waals surface area contributed by atoms with Crippen molar-refractivity contribution in [3.05, 3.63) is 0 Å². The van der Waals surface area contributed by atoms with Gasteiger partial charge in [-0.25, -0.2) is 0 Å². The molecule has 0 saturated heterocycles. The van der Waals surface area contributed by atoms with Gasteiger partial charge in [0.15, 0.2) is 0 Å². The molecule has 0 atom stereocenters. The van der Waals surface area contributed by atoms with Gasteiger partial charge >= 0.3 is 0 Å². The smallest absolute Gasteiger partial charge is 0.106 e. The molecule has 4 heteroatoms. The first-order valence-electron chi connectivity index (χ1n) is 0.583. The topological polar surface area (TPSA) is 22.3 Å². The monoisotopic (exact) mass is 122 g/mol. The highest BCUT2D eigenvalue weighted by molar-refractivity contribution is 6.92. The molecule has 0 heterocycles. The van der Waals surface area contributed by atoms with Crippen LogP contribution in [0.2, 0.25) is 0 Å². The zero-order valence-electron chi connectivity index (χ0n) is 2.48. The lowest BCUT2D eigenvalue weighted by molar-refractivity contribution is 1.31. The Morgan fingerprint density at radius 3 is 1.60 bits per heavy atom. The first kappa shape index (κ1) is 16.9. The molecule has 0 N–H and O–H groups in total. The first-order valence-corrected chi connectivity index (χ1v) is 1.12. The van der Waals surface area contributed by atoms with E-state index in [1.807, 2.05) is 0 Å². The maximum absolute atomic E-state index is 7.33. The summed E-state index contributed by atoms with van der Waals surface area (Å²) < 4.78 is 0. The molecule has 9 radical (unpaired) electrons. The number of hydrogen-bond donors (Lipinski definition) is 0. The second-order valence-corrected chi connectivity index (χ2v) is 0.359. The van der Waals surface area contributed by atoms with E-state index in [1.165, 1.54) is 0 Å². The fourth-order valence-corrected chi connectivity index (χ4v) is 0. The molecule has 0 aliphatic carbocycles. The highest BCUT2D eigenvalue weighted by Crippen LogP contribution is 1.51. The van der Waals surface area contributed by atoms with Gasteiger partial charge in [-0.1, -0.05) is 0 Å². The lowest BCUT2D eigenvalue weighted by Crippen LogP contribution is -1.57. The third-order valence-electron chi connectivity index (χ3n) is 0. The van der Waals surface area contributed by atoms with E-state index >= 15 is 0 Å². The Balaban J connectivity index is -0.0000000200. The molecular weight excluding hydrogens is 121 g/mol. The molecule has 0 bridgehead atoms. The summed E-state index contributed by atoms with van der Waals surface area (Å²) in [6.07, 6.45) is 0. The van der Waals surface area contributed by atoms with Crippen LogP contribution in [0.5, 0.6) is 0 Å². The van der Waals surface area contributed by atoms with Gasteiger partial charge in [-0.2, -0.15) is 0 Å². The van der Waals surface area contributed by atoms with E-state index in [2.05, 4.69) is 11.6 Å². The summed E-state index contributed by atoms with van der Waals surface area (Å²) in [5.74, 6) is 0. The summed E-state index contributed by atoms with van der Waals surface area (Å²) in [7, 11) is 0. The molecule has 0 rings (SSSR count). The van der Waals surface area contributed by atoms with Crippen molar-refractivity contribution in [2.24, 2.45) is 0 Å². The van der Waals surface area contributed by atoms with Gasteiger partial charge in [0, 0.05) is 20.9 Å². The van der Waals surface area contributed by atoms with Crippen LogP contribution in [0.4, 0.5) is 0 Å². The SMILES string of the molecule is [N]CCl.[P].[Si]. The number of hydrogen-bond acceptors (Lipinski definition) is 0. The maximum Gasteiger partial charge on any atom is 0.106 e. The van der Waals surface area contributed by atoms with Gasteiger partial charge in [-0.05, 0) is 0 Å². The predicted octanol–water partition coefficient (Wildman–Crippen LogP) is 0.732.